The van der Waals surface area contributed by atoms with Gasteiger partial charge in [-0.05, 0) is 65.7 Å². The molecule has 2 heteroatoms. The van der Waals surface area contributed by atoms with Gasteiger partial charge in [0.2, 0.25) is 0 Å². The fourth-order valence-electron chi connectivity index (χ4n) is 4.70. The third-order valence-corrected chi connectivity index (χ3v) is 6.16. The van der Waals surface area contributed by atoms with Crippen LogP contribution in [-0.2, 0) is 11.2 Å². The molecule has 1 aromatic rings. The molecule has 0 saturated heterocycles. The van der Waals surface area contributed by atoms with Crippen LogP contribution < -0.4 is 0 Å². The van der Waals surface area contributed by atoms with Gasteiger partial charge in [-0.2, -0.15) is 0 Å². The van der Waals surface area contributed by atoms with Crippen LogP contribution in [0.1, 0.15) is 69.9 Å². The van der Waals surface area contributed by atoms with Crippen LogP contribution in [-0.4, -0.2) is 10.9 Å². The topological polar surface area (TPSA) is 37.3 Å². The van der Waals surface area contributed by atoms with Crippen molar-refractivity contribution in [2.24, 2.45) is 17.3 Å². The lowest BCUT2D eigenvalue weighted by atomic mass is 9.53. The van der Waals surface area contributed by atoms with E-state index in [2.05, 4.69) is 26.8 Å². The molecule has 1 aromatic carbocycles. The first-order chi connectivity index (χ1) is 10.4. The lowest BCUT2D eigenvalue weighted by molar-refractivity contribution is -0.126. The molecule has 0 heterocycles. The summed E-state index contributed by atoms with van der Waals surface area (Å²) in [6, 6.07) is 5.74. The van der Waals surface area contributed by atoms with Crippen LogP contribution in [0.3, 0.4) is 0 Å². The molecule has 2 aliphatic rings. The number of fused-ring (bicyclic) bond motifs is 3. The van der Waals surface area contributed by atoms with Gasteiger partial charge in [-0.1, -0.05) is 33.3 Å². The van der Waals surface area contributed by atoms with E-state index in [-0.39, 0.29) is 5.41 Å². The Bertz CT molecular complexity index is 575. The van der Waals surface area contributed by atoms with E-state index in [0.29, 0.717) is 35.7 Å². The Morgan fingerprint density at radius 3 is 2.82 bits per heavy atom. The van der Waals surface area contributed by atoms with Gasteiger partial charge in [0, 0.05) is 12.8 Å². The Kier molecular flexibility index (Phi) is 4.05. The summed E-state index contributed by atoms with van der Waals surface area (Å²) >= 11 is 0. The summed E-state index contributed by atoms with van der Waals surface area (Å²) in [5, 5.41) is 9.73. The van der Waals surface area contributed by atoms with E-state index in [1.165, 1.54) is 24.0 Å². The smallest absolute Gasteiger partial charge is 0.133 e. The summed E-state index contributed by atoms with van der Waals surface area (Å²) < 4.78 is 0. The van der Waals surface area contributed by atoms with E-state index in [9.17, 15) is 9.90 Å². The van der Waals surface area contributed by atoms with Crippen molar-refractivity contribution in [3.05, 3.63) is 29.3 Å². The van der Waals surface area contributed by atoms with Crippen LogP contribution in [0.5, 0.6) is 5.75 Å². The molecular weight excluding hydrogens is 272 g/mol. The maximum Gasteiger partial charge on any atom is 0.133 e. The SMILES string of the molecule is CC(C)CCC1CC(=O)CC2c3ccc(O)cc3CC[C@@]12C. The van der Waals surface area contributed by atoms with Gasteiger partial charge >= 0.3 is 0 Å². The number of phenolic OH excluding ortho intramolecular Hbond substituents is 1. The first-order valence-electron chi connectivity index (χ1n) is 8.73. The summed E-state index contributed by atoms with van der Waals surface area (Å²) in [7, 11) is 0. The van der Waals surface area contributed by atoms with Crippen molar-refractivity contribution in [3.63, 3.8) is 0 Å². The predicted molar refractivity (Wildman–Crippen MR) is 89.1 cm³/mol. The predicted octanol–water partition coefficient (Wildman–Crippen LogP) is 4.84. The number of hydrogen-bond acceptors (Lipinski definition) is 2. The molecule has 0 aliphatic heterocycles. The number of benzene rings is 1. The maximum absolute atomic E-state index is 12.3. The molecule has 0 bridgehead atoms. The summed E-state index contributed by atoms with van der Waals surface area (Å²) in [6.07, 6.45) is 6.01. The molecule has 2 nitrogen and oxygen atoms in total. The summed E-state index contributed by atoms with van der Waals surface area (Å²) in [5.74, 6) is 2.34. The van der Waals surface area contributed by atoms with Gasteiger partial charge < -0.3 is 5.11 Å². The molecule has 3 rings (SSSR count). The molecule has 2 unspecified atom stereocenters. The fourth-order valence-corrected chi connectivity index (χ4v) is 4.70. The Morgan fingerprint density at radius 2 is 2.09 bits per heavy atom. The fraction of sp³-hybridized carbons (Fsp3) is 0.650. The second-order valence-corrected chi connectivity index (χ2v) is 8.06. The number of Topliss-reactive ketones (excluding diaryl/α,β-unsaturated/α-hetero) is 1. The molecule has 1 saturated carbocycles. The molecule has 22 heavy (non-hydrogen) atoms. The number of carbonyl (C=O) groups excluding carboxylic acids is 1. The number of rotatable bonds is 3. The lowest BCUT2D eigenvalue weighted by Gasteiger charge is -2.51. The van der Waals surface area contributed by atoms with Gasteiger partial charge in [-0.15, -0.1) is 0 Å². The molecule has 120 valence electrons. The highest BCUT2D eigenvalue weighted by Crippen LogP contribution is 2.57. The third kappa shape index (κ3) is 2.68. The number of ketones is 1. The van der Waals surface area contributed by atoms with E-state index >= 15 is 0 Å². The Hall–Kier alpha value is -1.31. The van der Waals surface area contributed by atoms with Gasteiger partial charge in [-0.3, -0.25) is 4.79 Å². The lowest BCUT2D eigenvalue weighted by Crippen LogP contribution is -2.43. The number of phenols is 1. The monoisotopic (exact) mass is 300 g/mol. The Labute approximate surface area is 133 Å². The third-order valence-electron chi connectivity index (χ3n) is 6.16. The van der Waals surface area contributed by atoms with E-state index in [1.54, 1.807) is 6.07 Å². The summed E-state index contributed by atoms with van der Waals surface area (Å²) in [6.45, 7) is 6.94. The average molecular weight is 300 g/mol. The first kappa shape index (κ1) is 15.6. The van der Waals surface area contributed by atoms with Gasteiger partial charge in [0.25, 0.3) is 0 Å². The summed E-state index contributed by atoms with van der Waals surface area (Å²) in [4.78, 5) is 12.3. The minimum Gasteiger partial charge on any atom is -0.508 e. The molecule has 0 radical (unpaired) electrons. The van der Waals surface area contributed by atoms with Crippen molar-refractivity contribution in [2.75, 3.05) is 0 Å². The molecule has 0 spiro atoms. The maximum atomic E-state index is 12.3. The minimum atomic E-state index is 0.243. The quantitative estimate of drug-likeness (QED) is 0.867. The zero-order valence-corrected chi connectivity index (χ0v) is 14.1. The molecular formula is C20H28O2. The van der Waals surface area contributed by atoms with E-state index in [0.717, 1.165) is 19.3 Å². The van der Waals surface area contributed by atoms with Gasteiger partial charge in [-0.25, -0.2) is 0 Å². The summed E-state index contributed by atoms with van der Waals surface area (Å²) in [5.41, 5.74) is 2.81. The van der Waals surface area contributed by atoms with Crippen molar-refractivity contribution in [1.82, 2.24) is 0 Å². The highest BCUT2D eigenvalue weighted by atomic mass is 16.3. The zero-order valence-electron chi connectivity index (χ0n) is 14.1. The second kappa shape index (κ2) is 5.72. The first-order valence-corrected chi connectivity index (χ1v) is 8.73. The second-order valence-electron chi connectivity index (χ2n) is 8.06. The number of aromatic hydroxyl groups is 1. The standard InChI is InChI=1S/C20H28O2/c1-13(2)4-5-15-11-17(22)12-19-18-7-6-16(21)10-14(18)8-9-20(15,19)3/h6-7,10,13,15,19,21H,4-5,8-9,11-12H2,1-3H3/t15?,19?,20-/m0/s1. The van der Waals surface area contributed by atoms with Gasteiger partial charge in [0.1, 0.15) is 11.5 Å². The highest BCUT2D eigenvalue weighted by Gasteiger charge is 2.48. The van der Waals surface area contributed by atoms with Crippen LogP contribution in [0.2, 0.25) is 0 Å². The molecule has 1 fully saturated rings. The van der Waals surface area contributed by atoms with Gasteiger partial charge in [0.15, 0.2) is 0 Å². The Morgan fingerprint density at radius 1 is 1.32 bits per heavy atom. The molecule has 2 aliphatic carbocycles. The van der Waals surface area contributed by atoms with Gasteiger partial charge in [0.05, 0.1) is 0 Å². The molecule has 1 N–H and O–H groups in total. The average Bonchev–Trinajstić information content (AvgIpc) is 2.45. The van der Waals surface area contributed by atoms with Crippen LogP contribution >= 0.6 is 0 Å². The van der Waals surface area contributed by atoms with Crippen molar-refractivity contribution in [1.29, 1.82) is 0 Å². The number of carbonyl (C=O) groups is 1. The van der Waals surface area contributed by atoms with Crippen molar-refractivity contribution < 1.29 is 9.90 Å². The number of hydrogen-bond donors (Lipinski definition) is 1. The van der Waals surface area contributed by atoms with Crippen molar-refractivity contribution in [2.45, 2.75) is 65.2 Å². The highest BCUT2D eigenvalue weighted by molar-refractivity contribution is 5.81. The Balaban J connectivity index is 1.93. The normalized spacial score (nSPS) is 31.0. The van der Waals surface area contributed by atoms with Crippen LogP contribution in [0, 0.1) is 17.3 Å². The molecule has 0 amide bonds. The zero-order chi connectivity index (χ0) is 15.9. The minimum absolute atomic E-state index is 0.243. The molecule has 3 atom stereocenters. The van der Waals surface area contributed by atoms with E-state index in [4.69, 9.17) is 0 Å². The molecule has 0 aromatic heterocycles. The van der Waals surface area contributed by atoms with Crippen molar-refractivity contribution >= 4 is 5.78 Å². The van der Waals surface area contributed by atoms with Crippen LogP contribution in [0.25, 0.3) is 0 Å². The van der Waals surface area contributed by atoms with Crippen molar-refractivity contribution in [3.8, 4) is 5.75 Å². The van der Waals surface area contributed by atoms with Crippen LogP contribution in [0.4, 0.5) is 0 Å². The largest absolute Gasteiger partial charge is 0.508 e. The van der Waals surface area contributed by atoms with E-state index < -0.39 is 0 Å². The van der Waals surface area contributed by atoms with Crippen LogP contribution in [0.15, 0.2) is 18.2 Å². The number of aryl methyl sites for hydroxylation is 1. The van der Waals surface area contributed by atoms with E-state index in [1.807, 2.05) is 6.07 Å².